The average molecular weight is 253 g/mol. The molecule has 100 valence electrons. The third kappa shape index (κ3) is 2.73. The number of hydrogen-bond donors (Lipinski definition) is 1. The minimum Gasteiger partial charge on any atom is -0.496 e. The van der Waals surface area contributed by atoms with Gasteiger partial charge in [-0.15, -0.1) is 0 Å². The number of carbonyl (C=O) groups is 1. The monoisotopic (exact) mass is 253 g/mol. The van der Waals surface area contributed by atoms with Gasteiger partial charge in [0.15, 0.2) is 5.78 Å². The Labute approximate surface area is 107 Å². The van der Waals surface area contributed by atoms with Gasteiger partial charge in [-0.25, -0.2) is 0 Å². The van der Waals surface area contributed by atoms with Gasteiger partial charge in [0.25, 0.3) is 0 Å². The third-order valence-electron chi connectivity index (χ3n) is 2.53. The predicted molar refractivity (Wildman–Crippen MR) is 68.7 cm³/mol. The molecule has 0 aliphatic carbocycles. The van der Waals surface area contributed by atoms with Gasteiger partial charge in [-0.05, 0) is 13.8 Å². The highest BCUT2D eigenvalue weighted by molar-refractivity contribution is 6.07. The van der Waals surface area contributed by atoms with E-state index in [0.29, 0.717) is 22.8 Å². The first-order valence-electron chi connectivity index (χ1n) is 5.48. The lowest BCUT2D eigenvalue weighted by Gasteiger charge is -2.21. The van der Waals surface area contributed by atoms with Gasteiger partial charge in [0.05, 0.1) is 26.9 Å². The van der Waals surface area contributed by atoms with E-state index in [4.69, 9.17) is 19.9 Å². The largest absolute Gasteiger partial charge is 0.496 e. The molecule has 0 fully saturated rings. The lowest BCUT2D eigenvalue weighted by molar-refractivity contribution is 0.0907. The molecule has 0 unspecified atom stereocenters. The zero-order valence-corrected chi connectivity index (χ0v) is 11.4. The Morgan fingerprint density at radius 3 is 1.78 bits per heavy atom. The van der Waals surface area contributed by atoms with E-state index < -0.39 is 5.54 Å². The predicted octanol–water partition coefficient (Wildman–Crippen LogP) is 1.63. The average Bonchev–Trinajstić information content (AvgIpc) is 2.34. The van der Waals surface area contributed by atoms with Crippen LogP contribution in [-0.4, -0.2) is 32.7 Å². The molecule has 0 bridgehead atoms. The summed E-state index contributed by atoms with van der Waals surface area (Å²) in [6, 6.07) is 3.25. The number of ether oxygens (including phenoxy) is 3. The zero-order chi connectivity index (χ0) is 13.9. The highest BCUT2D eigenvalue weighted by Crippen LogP contribution is 2.35. The van der Waals surface area contributed by atoms with E-state index in [2.05, 4.69) is 0 Å². The molecule has 0 aromatic heterocycles. The third-order valence-corrected chi connectivity index (χ3v) is 2.53. The summed E-state index contributed by atoms with van der Waals surface area (Å²) in [5.74, 6) is 1.07. The SMILES string of the molecule is COc1cc(OC)c(C(=O)C(C)(C)N)c(OC)c1. The van der Waals surface area contributed by atoms with Crippen LogP contribution in [0.25, 0.3) is 0 Å². The number of nitrogens with two attached hydrogens (primary N) is 1. The second-order valence-electron chi connectivity index (χ2n) is 4.46. The van der Waals surface area contributed by atoms with Gasteiger partial charge in [-0.3, -0.25) is 4.79 Å². The first-order chi connectivity index (χ1) is 8.35. The van der Waals surface area contributed by atoms with Crippen LogP contribution in [0.5, 0.6) is 17.2 Å². The number of methoxy groups -OCH3 is 3. The molecular formula is C13H19NO4. The van der Waals surface area contributed by atoms with Crippen molar-refractivity contribution in [2.24, 2.45) is 5.73 Å². The number of benzene rings is 1. The molecule has 1 aromatic carbocycles. The van der Waals surface area contributed by atoms with Crippen LogP contribution in [0, 0.1) is 0 Å². The van der Waals surface area contributed by atoms with Crippen molar-refractivity contribution in [3.05, 3.63) is 17.7 Å². The maximum Gasteiger partial charge on any atom is 0.189 e. The molecule has 18 heavy (non-hydrogen) atoms. The Kier molecular flexibility index (Phi) is 4.19. The van der Waals surface area contributed by atoms with E-state index in [1.165, 1.54) is 21.3 Å². The Morgan fingerprint density at radius 2 is 1.50 bits per heavy atom. The summed E-state index contributed by atoms with van der Waals surface area (Å²) >= 11 is 0. The molecule has 0 radical (unpaired) electrons. The molecule has 5 heteroatoms. The molecule has 5 nitrogen and oxygen atoms in total. The van der Waals surface area contributed by atoms with Crippen LogP contribution in [0.3, 0.4) is 0 Å². The van der Waals surface area contributed by atoms with E-state index in [1.807, 2.05) is 0 Å². The highest BCUT2D eigenvalue weighted by atomic mass is 16.5. The molecule has 0 saturated carbocycles. The second kappa shape index (κ2) is 5.27. The van der Waals surface area contributed by atoms with E-state index >= 15 is 0 Å². The van der Waals surface area contributed by atoms with Crippen LogP contribution in [0.2, 0.25) is 0 Å². The number of carbonyl (C=O) groups excluding carboxylic acids is 1. The lowest BCUT2D eigenvalue weighted by Crippen LogP contribution is -2.41. The quantitative estimate of drug-likeness (QED) is 0.808. The van der Waals surface area contributed by atoms with Crippen LogP contribution in [0.4, 0.5) is 0 Å². The summed E-state index contributed by atoms with van der Waals surface area (Å²) < 4.78 is 15.5. The molecule has 1 aromatic rings. The summed E-state index contributed by atoms with van der Waals surface area (Å²) in [7, 11) is 4.49. The minimum absolute atomic E-state index is 0.251. The molecule has 0 saturated heterocycles. The van der Waals surface area contributed by atoms with Crippen molar-refractivity contribution in [1.29, 1.82) is 0 Å². The molecule has 0 heterocycles. The zero-order valence-electron chi connectivity index (χ0n) is 11.4. The normalized spacial score (nSPS) is 11.0. The fourth-order valence-electron chi connectivity index (χ4n) is 1.55. The van der Waals surface area contributed by atoms with Crippen LogP contribution < -0.4 is 19.9 Å². The number of ketones is 1. The molecule has 0 aliphatic heterocycles. The van der Waals surface area contributed by atoms with Crippen molar-refractivity contribution >= 4 is 5.78 Å². The summed E-state index contributed by atoms with van der Waals surface area (Å²) in [4.78, 5) is 12.3. The first-order valence-corrected chi connectivity index (χ1v) is 5.48. The van der Waals surface area contributed by atoms with Crippen LogP contribution in [0.1, 0.15) is 24.2 Å². The topological polar surface area (TPSA) is 70.8 Å². The first kappa shape index (κ1) is 14.3. The van der Waals surface area contributed by atoms with E-state index in [9.17, 15) is 4.79 Å². The van der Waals surface area contributed by atoms with Crippen molar-refractivity contribution in [1.82, 2.24) is 0 Å². The van der Waals surface area contributed by atoms with Gasteiger partial charge in [0.2, 0.25) is 0 Å². The maximum atomic E-state index is 12.3. The van der Waals surface area contributed by atoms with E-state index in [1.54, 1.807) is 26.0 Å². The smallest absolute Gasteiger partial charge is 0.189 e. The van der Waals surface area contributed by atoms with Crippen molar-refractivity contribution in [2.45, 2.75) is 19.4 Å². The maximum absolute atomic E-state index is 12.3. The summed E-state index contributed by atoms with van der Waals surface area (Å²) in [6.45, 7) is 3.27. The summed E-state index contributed by atoms with van der Waals surface area (Å²) in [5.41, 5.74) is 5.16. The van der Waals surface area contributed by atoms with Crippen molar-refractivity contribution in [2.75, 3.05) is 21.3 Å². The molecule has 0 atom stereocenters. The highest BCUT2D eigenvalue weighted by Gasteiger charge is 2.30. The Hall–Kier alpha value is -1.75. The van der Waals surface area contributed by atoms with Gasteiger partial charge < -0.3 is 19.9 Å². The van der Waals surface area contributed by atoms with Gasteiger partial charge >= 0.3 is 0 Å². The van der Waals surface area contributed by atoms with Gasteiger partial charge in [0, 0.05) is 12.1 Å². The molecule has 1 rings (SSSR count). The second-order valence-corrected chi connectivity index (χ2v) is 4.46. The van der Waals surface area contributed by atoms with Crippen LogP contribution in [-0.2, 0) is 0 Å². The summed E-state index contributed by atoms with van der Waals surface area (Å²) in [6.07, 6.45) is 0. The lowest BCUT2D eigenvalue weighted by atomic mass is 9.93. The number of rotatable bonds is 5. The fourth-order valence-corrected chi connectivity index (χ4v) is 1.55. The van der Waals surface area contributed by atoms with Crippen LogP contribution in [0.15, 0.2) is 12.1 Å². The van der Waals surface area contributed by atoms with Crippen molar-refractivity contribution in [3.63, 3.8) is 0 Å². The van der Waals surface area contributed by atoms with Crippen molar-refractivity contribution < 1.29 is 19.0 Å². The van der Waals surface area contributed by atoms with Gasteiger partial charge in [-0.2, -0.15) is 0 Å². The van der Waals surface area contributed by atoms with E-state index in [-0.39, 0.29) is 5.78 Å². The minimum atomic E-state index is -1.00. The molecule has 0 aliphatic rings. The molecular weight excluding hydrogens is 234 g/mol. The van der Waals surface area contributed by atoms with Crippen LogP contribution >= 0.6 is 0 Å². The number of hydrogen-bond acceptors (Lipinski definition) is 5. The fraction of sp³-hybridized carbons (Fsp3) is 0.462. The molecule has 0 spiro atoms. The molecule has 2 N–H and O–H groups in total. The number of Topliss-reactive ketones (excluding diaryl/α,β-unsaturated/α-hetero) is 1. The Bertz CT molecular complexity index is 424. The van der Waals surface area contributed by atoms with Crippen molar-refractivity contribution in [3.8, 4) is 17.2 Å². The van der Waals surface area contributed by atoms with Gasteiger partial charge in [0.1, 0.15) is 22.8 Å². The molecule has 0 amide bonds. The Morgan fingerprint density at radius 1 is 1.06 bits per heavy atom. The Balaban J connectivity index is 3.45. The summed E-state index contributed by atoms with van der Waals surface area (Å²) in [5, 5.41) is 0. The van der Waals surface area contributed by atoms with E-state index in [0.717, 1.165) is 0 Å². The standard InChI is InChI=1S/C13H19NO4/c1-13(2,14)12(15)11-9(17-4)6-8(16-3)7-10(11)18-5/h6-7H,14H2,1-5H3. The van der Waals surface area contributed by atoms with Gasteiger partial charge in [-0.1, -0.05) is 0 Å².